The van der Waals surface area contributed by atoms with E-state index < -0.39 is 11.3 Å². The van der Waals surface area contributed by atoms with Gasteiger partial charge in [0.1, 0.15) is 0 Å². The van der Waals surface area contributed by atoms with Crippen molar-refractivity contribution in [3.05, 3.63) is 17.5 Å². The van der Waals surface area contributed by atoms with Crippen LogP contribution in [0.4, 0.5) is 4.79 Å². The summed E-state index contributed by atoms with van der Waals surface area (Å²) in [7, 11) is 0. The molecular formula is C14H19N5O2S2. The molecule has 0 radical (unpaired) electrons. The lowest BCUT2D eigenvalue weighted by Gasteiger charge is -2.12. The smallest absolute Gasteiger partial charge is 0.321 e. The van der Waals surface area contributed by atoms with Gasteiger partial charge in [-0.15, -0.1) is 21.5 Å². The summed E-state index contributed by atoms with van der Waals surface area (Å²) in [5.41, 5.74) is 0. The Labute approximate surface area is 142 Å². The van der Waals surface area contributed by atoms with Crippen LogP contribution < -0.4 is 10.6 Å². The zero-order chi connectivity index (χ0) is 16.8. The van der Waals surface area contributed by atoms with Crippen LogP contribution in [-0.4, -0.2) is 38.5 Å². The number of hydrogen-bond donors (Lipinski definition) is 2. The Kier molecular flexibility index (Phi) is 6.17. The van der Waals surface area contributed by atoms with Crippen LogP contribution in [0.3, 0.4) is 0 Å². The Morgan fingerprint density at radius 3 is 2.78 bits per heavy atom. The fourth-order valence-corrected chi connectivity index (χ4v) is 3.51. The number of hydrogen-bond acceptors (Lipinski definition) is 6. The van der Waals surface area contributed by atoms with Crippen molar-refractivity contribution in [1.29, 1.82) is 0 Å². The molecule has 0 spiro atoms. The quantitative estimate of drug-likeness (QED) is 0.778. The standard InChI is InChI=1S/C14H19N5O2S2/c1-4-15-13(21)16-12(20)9(3)23-14-18-17-11(19(14)5-2)10-7-6-8-22-10/h6-9H,4-5H2,1-3H3,(H2,15,16,20,21)/t9-/m1/s1. The molecular weight excluding hydrogens is 334 g/mol. The number of rotatable bonds is 6. The summed E-state index contributed by atoms with van der Waals surface area (Å²) in [5.74, 6) is 0.436. The molecule has 23 heavy (non-hydrogen) atoms. The first-order valence-electron chi connectivity index (χ1n) is 7.29. The maximum absolute atomic E-state index is 12.0. The number of aromatic nitrogens is 3. The Balaban J connectivity index is 2.08. The highest BCUT2D eigenvalue weighted by atomic mass is 32.2. The second kappa shape index (κ2) is 8.11. The molecule has 2 aromatic heterocycles. The van der Waals surface area contributed by atoms with Crippen LogP contribution in [-0.2, 0) is 11.3 Å². The third kappa shape index (κ3) is 4.32. The molecule has 2 aromatic rings. The lowest BCUT2D eigenvalue weighted by molar-refractivity contribution is -0.119. The third-order valence-electron chi connectivity index (χ3n) is 3.00. The van der Waals surface area contributed by atoms with E-state index in [2.05, 4.69) is 20.8 Å². The van der Waals surface area contributed by atoms with Crippen LogP contribution in [0.25, 0.3) is 10.7 Å². The summed E-state index contributed by atoms with van der Waals surface area (Å²) >= 11 is 2.88. The monoisotopic (exact) mass is 353 g/mol. The normalized spacial score (nSPS) is 12.0. The number of nitrogens with one attached hydrogen (secondary N) is 2. The maximum Gasteiger partial charge on any atom is 0.321 e. The third-order valence-corrected chi connectivity index (χ3v) is 4.95. The molecule has 0 aliphatic rings. The van der Waals surface area contributed by atoms with E-state index in [0.717, 1.165) is 10.7 Å². The van der Waals surface area contributed by atoms with Crippen molar-refractivity contribution in [3.63, 3.8) is 0 Å². The van der Waals surface area contributed by atoms with E-state index in [1.165, 1.54) is 11.8 Å². The minimum absolute atomic E-state index is 0.357. The van der Waals surface area contributed by atoms with E-state index in [1.54, 1.807) is 25.2 Å². The van der Waals surface area contributed by atoms with Gasteiger partial charge in [-0.25, -0.2) is 4.79 Å². The minimum Gasteiger partial charge on any atom is -0.338 e. The van der Waals surface area contributed by atoms with Crippen molar-refractivity contribution in [2.45, 2.75) is 37.7 Å². The fraction of sp³-hybridized carbons (Fsp3) is 0.429. The van der Waals surface area contributed by atoms with Crippen LogP contribution in [0.15, 0.2) is 22.7 Å². The van der Waals surface area contributed by atoms with E-state index in [-0.39, 0.29) is 5.91 Å². The fourth-order valence-electron chi connectivity index (χ4n) is 1.88. The maximum atomic E-state index is 12.0. The number of thioether (sulfide) groups is 1. The van der Waals surface area contributed by atoms with Crippen molar-refractivity contribution in [3.8, 4) is 10.7 Å². The van der Waals surface area contributed by atoms with Crippen LogP contribution in [0.1, 0.15) is 20.8 Å². The van der Waals surface area contributed by atoms with Crippen LogP contribution in [0.5, 0.6) is 0 Å². The molecule has 0 aromatic carbocycles. The Morgan fingerprint density at radius 2 is 2.17 bits per heavy atom. The molecule has 0 saturated carbocycles. The van der Waals surface area contributed by atoms with Gasteiger partial charge < -0.3 is 9.88 Å². The molecule has 7 nitrogen and oxygen atoms in total. The van der Waals surface area contributed by atoms with Gasteiger partial charge in [-0.05, 0) is 32.2 Å². The zero-order valence-electron chi connectivity index (χ0n) is 13.2. The van der Waals surface area contributed by atoms with Crippen LogP contribution >= 0.6 is 23.1 Å². The summed E-state index contributed by atoms with van der Waals surface area (Å²) in [6.45, 7) is 6.70. The van der Waals surface area contributed by atoms with Gasteiger partial charge in [-0.1, -0.05) is 17.8 Å². The minimum atomic E-state index is -0.485. The number of nitrogens with zero attached hydrogens (tertiary/aromatic N) is 3. The number of carbonyl (C=O) groups excluding carboxylic acids is 2. The molecule has 2 heterocycles. The molecule has 0 fully saturated rings. The number of carbonyl (C=O) groups is 2. The summed E-state index contributed by atoms with van der Waals surface area (Å²) in [4.78, 5) is 24.5. The zero-order valence-corrected chi connectivity index (χ0v) is 14.8. The van der Waals surface area contributed by atoms with Crippen molar-refractivity contribution in [2.75, 3.05) is 6.54 Å². The summed E-state index contributed by atoms with van der Waals surface area (Å²) in [5, 5.41) is 15.4. The Morgan fingerprint density at radius 1 is 1.39 bits per heavy atom. The summed E-state index contributed by atoms with van der Waals surface area (Å²) in [6, 6.07) is 3.46. The van der Waals surface area contributed by atoms with Gasteiger partial charge in [0.25, 0.3) is 0 Å². The van der Waals surface area contributed by atoms with Gasteiger partial charge in [0, 0.05) is 13.1 Å². The predicted octanol–water partition coefficient (Wildman–Crippen LogP) is 2.35. The van der Waals surface area contributed by atoms with Crippen LogP contribution in [0, 0.1) is 0 Å². The second-order valence-corrected chi connectivity index (χ2v) is 6.89. The highest BCUT2D eigenvalue weighted by Gasteiger charge is 2.21. The summed E-state index contributed by atoms with van der Waals surface area (Å²) in [6.07, 6.45) is 0. The predicted molar refractivity (Wildman–Crippen MR) is 91.5 cm³/mol. The molecule has 0 aliphatic heterocycles. The highest BCUT2D eigenvalue weighted by molar-refractivity contribution is 8.00. The van der Waals surface area contributed by atoms with E-state index in [9.17, 15) is 9.59 Å². The highest BCUT2D eigenvalue weighted by Crippen LogP contribution is 2.28. The SMILES string of the molecule is CCNC(=O)NC(=O)[C@@H](C)Sc1nnc(-c2cccs2)n1CC. The average Bonchev–Trinajstić information content (AvgIpc) is 3.15. The summed E-state index contributed by atoms with van der Waals surface area (Å²) < 4.78 is 1.96. The van der Waals surface area contributed by atoms with E-state index >= 15 is 0 Å². The Hall–Kier alpha value is -1.87. The first-order valence-corrected chi connectivity index (χ1v) is 9.05. The van der Waals surface area contributed by atoms with Crippen molar-refractivity contribution < 1.29 is 9.59 Å². The van der Waals surface area contributed by atoms with Crippen molar-refractivity contribution >= 4 is 35.0 Å². The largest absolute Gasteiger partial charge is 0.338 e. The molecule has 124 valence electrons. The van der Waals surface area contributed by atoms with E-state index in [4.69, 9.17) is 0 Å². The van der Waals surface area contributed by atoms with Crippen LogP contribution in [0.2, 0.25) is 0 Å². The van der Waals surface area contributed by atoms with Gasteiger partial charge in [0.05, 0.1) is 10.1 Å². The van der Waals surface area contributed by atoms with Gasteiger partial charge >= 0.3 is 6.03 Å². The van der Waals surface area contributed by atoms with Crippen molar-refractivity contribution in [2.24, 2.45) is 0 Å². The topological polar surface area (TPSA) is 88.9 Å². The second-order valence-electron chi connectivity index (χ2n) is 4.64. The first-order chi connectivity index (χ1) is 11.1. The molecule has 0 aliphatic carbocycles. The first kappa shape index (κ1) is 17.5. The lowest BCUT2D eigenvalue weighted by atomic mass is 10.4. The number of imide groups is 1. The molecule has 0 unspecified atom stereocenters. The van der Waals surface area contributed by atoms with Gasteiger partial charge in [-0.2, -0.15) is 0 Å². The molecule has 3 amide bonds. The molecule has 2 N–H and O–H groups in total. The molecule has 2 rings (SSSR count). The molecule has 1 atom stereocenters. The van der Waals surface area contributed by atoms with Gasteiger partial charge in [0.15, 0.2) is 11.0 Å². The number of urea groups is 1. The van der Waals surface area contributed by atoms with E-state index in [1.807, 2.05) is 29.0 Å². The average molecular weight is 353 g/mol. The van der Waals surface area contributed by atoms with Gasteiger partial charge in [0.2, 0.25) is 5.91 Å². The molecule has 0 saturated heterocycles. The number of amides is 3. The van der Waals surface area contributed by atoms with Crippen molar-refractivity contribution in [1.82, 2.24) is 25.4 Å². The number of thiophene rings is 1. The Bertz CT molecular complexity index is 669. The lowest BCUT2D eigenvalue weighted by Crippen LogP contribution is -2.42. The molecule has 0 bridgehead atoms. The van der Waals surface area contributed by atoms with E-state index in [0.29, 0.717) is 18.2 Å². The van der Waals surface area contributed by atoms with Gasteiger partial charge in [-0.3, -0.25) is 10.1 Å². The molecule has 9 heteroatoms.